The van der Waals surface area contributed by atoms with E-state index in [-0.39, 0.29) is 18.3 Å². The lowest BCUT2D eigenvalue weighted by Crippen LogP contribution is -2.36. The molecular formula is C14H17N3O3. The molecule has 0 atom stereocenters. The summed E-state index contributed by atoms with van der Waals surface area (Å²) in [7, 11) is 0. The van der Waals surface area contributed by atoms with Crippen molar-refractivity contribution in [2.24, 2.45) is 0 Å². The van der Waals surface area contributed by atoms with Gasteiger partial charge in [-0.3, -0.25) is 10.1 Å². The minimum Gasteiger partial charge on any atom is -0.338 e. The first-order chi connectivity index (χ1) is 9.63. The molecule has 1 aromatic carbocycles. The molecule has 0 bridgehead atoms. The number of nitrogens with one attached hydrogen (secondary N) is 2. The van der Waals surface area contributed by atoms with Crippen molar-refractivity contribution in [2.75, 3.05) is 13.1 Å². The smallest absolute Gasteiger partial charge is 0.315 e. The van der Waals surface area contributed by atoms with Crippen LogP contribution < -0.4 is 10.6 Å². The van der Waals surface area contributed by atoms with Crippen molar-refractivity contribution in [3.8, 4) is 12.3 Å². The van der Waals surface area contributed by atoms with Gasteiger partial charge in [-0.05, 0) is 24.8 Å². The zero-order valence-corrected chi connectivity index (χ0v) is 11.1. The predicted octanol–water partition coefficient (Wildman–Crippen LogP) is 1.85. The van der Waals surface area contributed by atoms with Crippen LogP contribution in [0.15, 0.2) is 24.3 Å². The Morgan fingerprint density at radius 2 is 1.95 bits per heavy atom. The van der Waals surface area contributed by atoms with Crippen LogP contribution in [0.2, 0.25) is 0 Å². The van der Waals surface area contributed by atoms with E-state index >= 15 is 0 Å². The van der Waals surface area contributed by atoms with Crippen molar-refractivity contribution in [1.82, 2.24) is 10.6 Å². The molecule has 6 nitrogen and oxygen atoms in total. The zero-order valence-electron chi connectivity index (χ0n) is 11.1. The van der Waals surface area contributed by atoms with Crippen LogP contribution in [0, 0.1) is 22.5 Å². The number of urea groups is 1. The highest BCUT2D eigenvalue weighted by Gasteiger charge is 2.03. The summed E-state index contributed by atoms with van der Waals surface area (Å²) >= 11 is 0. The summed E-state index contributed by atoms with van der Waals surface area (Å²) in [6.07, 6.45) is 7.57. The minimum absolute atomic E-state index is 0.0978. The highest BCUT2D eigenvalue weighted by molar-refractivity contribution is 5.73. The van der Waals surface area contributed by atoms with Crippen molar-refractivity contribution in [3.05, 3.63) is 39.9 Å². The molecule has 0 fully saturated rings. The van der Waals surface area contributed by atoms with Crippen LogP contribution in [0.3, 0.4) is 0 Å². The summed E-state index contributed by atoms with van der Waals surface area (Å²) in [6.45, 7) is 0.790. The highest BCUT2D eigenvalue weighted by atomic mass is 16.6. The molecular weight excluding hydrogens is 258 g/mol. The van der Waals surface area contributed by atoms with Crippen molar-refractivity contribution < 1.29 is 9.72 Å². The molecule has 0 aliphatic carbocycles. The van der Waals surface area contributed by atoms with E-state index in [1.807, 2.05) is 0 Å². The second-order valence-corrected chi connectivity index (χ2v) is 4.19. The number of unbranched alkanes of at least 4 members (excludes halogenated alkanes) is 1. The third-order valence-corrected chi connectivity index (χ3v) is 2.68. The number of rotatable bonds is 7. The van der Waals surface area contributed by atoms with Crippen LogP contribution in [-0.4, -0.2) is 24.0 Å². The zero-order chi connectivity index (χ0) is 14.8. The van der Waals surface area contributed by atoms with Gasteiger partial charge in [-0.1, -0.05) is 18.1 Å². The van der Waals surface area contributed by atoms with E-state index in [2.05, 4.69) is 16.6 Å². The lowest BCUT2D eigenvalue weighted by atomic mass is 10.1. The van der Waals surface area contributed by atoms with Crippen molar-refractivity contribution in [3.63, 3.8) is 0 Å². The third kappa shape index (κ3) is 5.87. The van der Waals surface area contributed by atoms with Gasteiger partial charge in [0.1, 0.15) is 0 Å². The topological polar surface area (TPSA) is 84.3 Å². The molecule has 20 heavy (non-hydrogen) atoms. The molecule has 0 aliphatic rings. The van der Waals surface area contributed by atoms with Gasteiger partial charge in [-0.2, -0.15) is 0 Å². The molecule has 0 unspecified atom stereocenters. The SMILES string of the molecule is C#CCNC(=O)NCCCCc1ccc([N+](=O)[O-])cc1. The molecule has 0 spiro atoms. The van der Waals surface area contributed by atoms with Gasteiger partial charge in [0.05, 0.1) is 11.5 Å². The summed E-state index contributed by atoms with van der Waals surface area (Å²) in [5.41, 5.74) is 1.15. The fourth-order valence-electron chi connectivity index (χ4n) is 1.63. The second kappa shape index (κ2) is 8.53. The number of aryl methyl sites for hydroxylation is 1. The number of hydrogen-bond acceptors (Lipinski definition) is 3. The Bertz CT molecular complexity index is 491. The largest absolute Gasteiger partial charge is 0.338 e. The van der Waals surface area contributed by atoms with Crippen LogP contribution >= 0.6 is 0 Å². The summed E-state index contributed by atoms with van der Waals surface area (Å²) in [5, 5.41) is 15.7. The fourth-order valence-corrected chi connectivity index (χ4v) is 1.63. The molecule has 0 saturated heterocycles. The molecule has 106 valence electrons. The second-order valence-electron chi connectivity index (χ2n) is 4.19. The average Bonchev–Trinajstić information content (AvgIpc) is 2.45. The van der Waals surface area contributed by atoms with Crippen molar-refractivity contribution >= 4 is 11.7 Å². The number of carbonyl (C=O) groups excluding carboxylic acids is 1. The van der Waals surface area contributed by atoms with Gasteiger partial charge in [0.25, 0.3) is 5.69 Å². The van der Waals surface area contributed by atoms with Crippen molar-refractivity contribution in [1.29, 1.82) is 0 Å². The molecule has 0 aliphatic heterocycles. The van der Waals surface area contributed by atoms with E-state index in [0.29, 0.717) is 6.54 Å². The number of nitro groups is 1. The Labute approximate surface area is 117 Å². The summed E-state index contributed by atoms with van der Waals surface area (Å²) in [6, 6.07) is 6.25. The van der Waals surface area contributed by atoms with Crippen LogP contribution in [-0.2, 0) is 6.42 Å². The maximum absolute atomic E-state index is 11.2. The summed E-state index contributed by atoms with van der Waals surface area (Å²) in [4.78, 5) is 21.2. The number of carbonyl (C=O) groups is 1. The van der Waals surface area contributed by atoms with Crippen molar-refractivity contribution in [2.45, 2.75) is 19.3 Å². The maximum Gasteiger partial charge on any atom is 0.315 e. The Kier molecular flexibility index (Phi) is 6.62. The van der Waals surface area contributed by atoms with Gasteiger partial charge in [0, 0.05) is 18.7 Å². The Hall–Kier alpha value is -2.55. The highest BCUT2D eigenvalue weighted by Crippen LogP contribution is 2.13. The normalized spacial score (nSPS) is 9.55. The molecule has 0 heterocycles. The molecule has 6 heteroatoms. The van der Waals surface area contributed by atoms with E-state index in [1.54, 1.807) is 12.1 Å². The predicted molar refractivity (Wildman–Crippen MR) is 76.3 cm³/mol. The van der Waals surface area contributed by atoms with E-state index in [0.717, 1.165) is 24.8 Å². The van der Waals surface area contributed by atoms with Crippen LogP contribution in [0.1, 0.15) is 18.4 Å². The van der Waals surface area contributed by atoms with E-state index in [1.165, 1.54) is 12.1 Å². The summed E-state index contributed by atoms with van der Waals surface area (Å²) < 4.78 is 0. The first-order valence-corrected chi connectivity index (χ1v) is 6.32. The number of benzene rings is 1. The van der Waals surface area contributed by atoms with E-state index < -0.39 is 4.92 Å². The maximum atomic E-state index is 11.2. The van der Waals surface area contributed by atoms with E-state index in [4.69, 9.17) is 6.42 Å². The molecule has 0 radical (unpaired) electrons. The molecule has 2 N–H and O–H groups in total. The Balaban J connectivity index is 2.17. The lowest BCUT2D eigenvalue weighted by molar-refractivity contribution is -0.384. The van der Waals surface area contributed by atoms with Crippen LogP contribution in [0.25, 0.3) is 0 Å². The average molecular weight is 275 g/mol. The van der Waals surface area contributed by atoms with E-state index in [9.17, 15) is 14.9 Å². The van der Waals surface area contributed by atoms with Gasteiger partial charge in [0.15, 0.2) is 0 Å². The lowest BCUT2D eigenvalue weighted by Gasteiger charge is -2.05. The molecule has 2 amide bonds. The first kappa shape index (κ1) is 15.5. The quantitative estimate of drug-likeness (QED) is 0.345. The number of hydrogen-bond donors (Lipinski definition) is 2. The fraction of sp³-hybridized carbons (Fsp3) is 0.357. The molecule has 0 aromatic heterocycles. The minimum atomic E-state index is -0.414. The molecule has 1 aromatic rings. The number of amides is 2. The van der Waals surface area contributed by atoms with Crippen LogP contribution in [0.5, 0.6) is 0 Å². The number of nitrogens with zero attached hydrogens (tertiary/aromatic N) is 1. The Morgan fingerprint density at radius 3 is 2.55 bits per heavy atom. The van der Waals surface area contributed by atoms with Gasteiger partial charge >= 0.3 is 6.03 Å². The van der Waals surface area contributed by atoms with Gasteiger partial charge < -0.3 is 10.6 Å². The summed E-state index contributed by atoms with van der Waals surface area (Å²) in [5.74, 6) is 2.31. The standard InChI is InChI=1S/C14H17N3O3/c1-2-10-15-14(18)16-11-4-3-5-12-6-8-13(9-7-12)17(19)20/h1,6-9H,3-5,10-11H2,(H2,15,16,18). The van der Waals surface area contributed by atoms with Crippen LogP contribution in [0.4, 0.5) is 10.5 Å². The van der Waals surface area contributed by atoms with Gasteiger partial charge in [0.2, 0.25) is 0 Å². The monoisotopic (exact) mass is 275 g/mol. The third-order valence-electron chi connectivity index (χ3n) is 2.68. The number of nitro benzene ring substituents is 1. The Morgan fingerprint density at radius 1 is 1.25 bits per heavy atom. The van der Waals surface area contributed by atoms with Gasteiger partial charge in [-0.25, -0.2) is 4.79 Å². The number of terminal acetylenes is 1. The molecule has 1 rings (SSSR count). The first-order valence-electron chi connectivity index (χ1n) is 6.32. The van der Waals surface area contributed by atoms with Gasteiger partial charge in [-0.15, -0.1) is 6.42 Å². The number of non-ortho nitro benzene ring substituents is 1. The molecule has 0 saturated carbocycles.